The summed E-state index contributed by atoms with van der Waals surface area (Å²) in [4.78, 5) is 2.59. The maximum atomic E-state index is 6.12. The number of hydrogen-bond donors (Lipinski definition) is 1. The van der Waals surface area contributed by atoms with E-state index in [-0.39, 0.29) is 0 Å². The number of nitrogen functional groups attached to an aromatic ring is 1. The monoisotopic (exact) mass is 841 g/mol. The second-order valence-corrected chi connectivity index (χ2v) is 20.5. The summed E-state index contributed by atoms with van der Waals surface area (Å²) in [6.07, 6.45) is 0. The van der Waals surface area contributed by atoms with Crippen LogP contribution in [0.3, 0.4) is 0 Å². The molecule has 286 valence electrons. The lowest BCUT2D eigenvalue weighted by molar-refractivity contribution is 1.18. The van der Waals surface area contributed by atoms with Gasteiger partial charge in [-0.05, 0) is 126 Å². The Bertz CT molecular complexity index is 3660. The van der Waals surface area contributed by atoms with Crippen LogP contribution in [0.5, 0.6) is 0 Å². The highest BCUT2D eigenvalue weighted by molar-refractivity contribution is 7.35. The van der Waals surface area contributed by atoms with Gasteiger partial charge in [0.05, 0.1) is 40.9 Å². The van der Waals surface area contributed by atoms with E-state index in [1.54, 1.807) is 0 Å². The maximum absolute atomic E-state index is 6.12. The lowest BCUT2D eigenvalue weighted by Gasteiger charge is -2.10. The number of nitrogens with two attached hydrogens (primary N) is 1. The molecule has 0 radical (unpaired) electrons. The molecular formula is C53H35N3S4. The summed E-state index contributed by atoms with van der Waals surface area (Å²) in [5.74, 6) is 0. The van der Waals surface area contributed by atoms with Crippen molar-refractivity contribution in [1.29, 1.82) is 0 Å². The van der Waals surface area contributed by atoms with Gasteiger partial charge in [-0.25, -0.2) is 0 Å². The number of fused-ring (bicyclic) bond motifs is 12. The normalized spacial score (nSPS) is 12.3. The third kappa shape index (κ3) is 5.10. The molecule has 6 aromatic heterocycles. The summed E-state index contributed by atoms with van der Waals surface area (Å²) >= 11 is 7.69. The fourth-order valence-corrected chi connectivity index (χ4v) is 14.5. The number of benzene rings is 7. The summed E-state index contributed by atoms with van der Waals surface area (Å²) < 4.78 is 13.1. The number of aryl methyl sites for hydroxylation is 3. The van der Waals surface area contributed by atoms with Gasteiger partial charge in [0.25, 0.3) is 0 Å². The third-order valence-corrected chi connectivity index (χ3v) is 17.2. The Morgan fingerprint density at radius 1 is 0.383 bits per heavy atom. The Morgan fingerprint density at radius 3 is 1.33 bits per heavy atom. The van der Waals surface area contributed by atoms with Crippen molar-refractivity contribution in [1.82, 2.24) is 9.13 Å². The average Bonchev–Trinajstić information content (AvgIpc) is 4.09. The van der Waals surface area contributed by atoms with Gasteiger partial charge in [-0.2, -0.15) is 0 Å². The van der Waals surface area contributed by atoms with Crippen LogP contribution in [0.2, 0.25) is 0 Å². The predicted octanol–water partition coefficient (Wildman–Crippen LogP) is 16.6. The van der Waals surface area contributed by atoms with Crippen LogP contribution in [0.15, 0.2) is 146 Å². The molecular weight excluding hydrogens is 807 g/mol. The van der Waals surface area contributed by atoms with E-state index >= 15 is 0 Å². The molecule has 0 aliphatic rings. The molecule has 7 heteroatoms. The van der Waals surface area contributed by atoms with E-state index in [1.165, 1.54) is 132 Å². The first-order valence-electron chi connectivity index (χ1n) is 20.2. The Balaban J connectivity index is 1.07. The van der Waals surface area contributed by atoms with Crippen LogP contribution in [-0.2, 0) is 0 Å². The zero-order valence-corrected chi connectivity index (χ0v) is 36.2. The van der Waals surface area contributed by atoms with Crippen molar-refractivity contribution in [3.63, 3.8) is 0 Å². The Morgan fingerprint density at radius 2 is 0.817 bits per heavy atom. The van der Waals surface area contributed by atoms with Crippen molar-refractivity contribution in [3.05, 3.63) is 162 Å². The Labute approximate surface area is 361 Å². The van der Waals surface area contributed by atoms with Crippen molar-refractivity contribution in [2.45, 2.75) is 20.8 Å². The number of aromatic nitrogens is 2. The lowest BCUT2D eigenvalue weighted by Crippen LogP contribution is -1.95. The minimum absolute atomic E-state index is 0.794. The highest BCUT2D eigenvalue weighted by atomic mass is 32.1. The molecule has 0 bridgehead atoms. The lowest BCUT2D eigenvalue weighted by atomic mass is 10.0. The van der Waals surface area contributed by atoms with Crippen LogP contribution < -0.4 is 5.73 Å². The van der Waals surface area contributed by atoms with E-state index in [1.807, 2.05) is 51.4 Å². The van der Waals surface area contributed by atoms with Gasteiger partial charge < -0.3 is 14.9 Å². The van der Waals surface area contributed by atoms with Gasteiger partial charge in [0.1, 0.15) is 0 Å². The average molecular weight is 842 g/mol. The molecule has 13 aromatic rings. The molecule has 0 aliphatic carbocycles. The van der Waals surface area contributed by atoms with E-state index in [9.17, 15) is 0 Å². The minimum atomic E-state index is 0.794. The second-order valence-electron chi connectivity index (χ2n) is 16.3. The largest absolute Gasteiger partial charge is 0.399 e. The van der Waals surface area contributed by atoms with Crippen LogP contribution in [0.4, 0.5) is 5.69 Å². The number of rotatable bonds is 4. The van der Waals surface area contributed by atoms with Crippen LogP contribution in [0.1, 0.15) is 16.7 Å². The van der Waals surface area contributed by atoms with Crippen molar-refractivity contribution >= 4 is 134 Å². The van der Waals surface area contributed by atoms with E-state index in [4.69, 9.17) is 5.73 Å². The molecule has 0 amide bonds. The van der Waals surface area contributed by atoms with Gasteiger partial charge in [0, 0.05) is 47.0 Å². The molecule has 0 atom stereocenters. The van der Waals surface area contributed by atoms with Crippen LogP contribution in [-0.4, -0.2) is 9.13 Å². The molecule has 6 heterocycles. The molecule has 0 saturated carbocycles. The van der Waals surface area contributed by atoms with Gasteiger partial charge in [-0.1, -0.05) is 89.5 Å². The van der Waals surface area contributed by atoms with Crippen molar-refractivity contribution in [2.24, 2.45) is 0 Å². The Hall–Kier alpha value is -6.22. The molecule has 60 heavy (non-hydrogen) atoms. The quantitative estimate of drug-likeness (QED) is 0.176. The highest BCUT2D eigenvalue weighted by Crippen LogP contribution is 2.52. The standard InChI is InChI=1S/C53H35N3S4/c1-28-5-16-38(17-6-28)55-42-25-41-43(24-40(42)50-48(55)52-46(59-50)26-44(57-52)35-12-10-31-20-30(3)4-9-32(31)21-35)56(39-18-7-29(2)8-19-39)49-51(41)60-47-27-45(58-53(47)49)36-13-11-34-23-37(54)15-14-33(34)22-36/h4-27H,54H2,1-3H3. The predicted molar refractivity (Wildman–Crippen MR) is 266 cm³/mol. The van der Waals surface area contributed by atoms with Gasteiger partial charge >= 0.3 is 0 Å². The molecule has 0 unspecified atom stereocenters. The topological polar surface area (TPSA) is 35.9 Å². The summed E-state index contributed by atoms with van der Waals surface area (Å²) in [6.45, 7) is 6.50. The summed E-state index contributed by atoms with van der Waals surface area (Å²) in [6, 6.07) is 54.5. The smallest absolute Gasteiger partial charge is 0.0829 e. The minimum Gasteiger partial charge on any atom is -0.399 e. The highest BCUT2D eigenvalue weighted by Gasteiger charge is 2.25. The zero-order chi connectivity index (χ0) is 40.0. The fraction of sp³-hybridized carbons (Fsp3) is 0.0566. The summed E-state index contributed by atoms with van der Waals surface area (Å²) in [7, 11) is 0. The van der Waals surface area contributed by atoms with Gasteiger partial charge in [-0.15, -0.1) is 45.3 Å². The van der Waals surface area contributed by atoms with Crippen molar-refractivity contribution in [3.8, 4) is 32.3 Å². The molecule has 0 fully saturated rings. The molecule has 2 N–H and O–H groups in total. The van der Waals surface area contributed by atoms with Gasteiger partial charge in [0.2, 0.25) is 0 Å². The summed E-state index contributed by atoms with van der Waals surface area (Å²) in [5, 5.41) is 7.54. The molecule has 3 nitrogen and oxygen atoms in total. The number of thiophene rings is 4. The van der Waals surface area contributed by atoms with E-state index < -0.39 is 0 Å². The number of anilines is 1. The van der Waals surface area contributed by atoms with Crippen molar-refractivity contribution in [2.75, 3.05) is 5.73 Å². The zero-order valence-electron chi connectivity index (χ0n) is 33.0. The molecule has 0 saturated heterocycles. The first-order chi connectivity index (χ1) is 29.3. The van der Waals surface area contributed by atoms with E-state index in [0.717, 1.165) is 5.69 Å². The Kier molecular flexibility index (Phi) is 7.30. The maximum Gasteiger partial charge on any atom is 0.0829 e. The van der Waals surface area contributed by atoms with E-state index in [2.05, 4.69) is 169 Å². The van der Waals surface area contributed by atoms with Gasteiger partial charge in [-0.3, -0.25) is 0 Å². The number of hydrogen-bond acceptors (Lipinski definition) is 5. The van der Waals surface area contributed by atoms with Crippen molar-refractivity contribution < 1.29 is 0 Å². The third-order valence-electron chi connectivity index (χ3n) is 12.2. The van der Waals surface area contributed by atoms with Crippen LogP contribution >= 0.6 is 45.3 Å². The molecule has 13 rings (SSSR count). The first kappa shape index (κ1) is 34.6. The molecule has 7 aromatic carbocycles. The van der Waals surface area contributed by atoms with Crippen LogP contribution in [0, 0.1) is 20.8 Å². The SMILES string of the molecule is Cc1ccc(-n2c3cc4c5sc6cc(-c7ccc8cc(N)ccc8c7)sc6c5n(-c5ccc(C)cc5)c4cc3c3sc4cc(-c5ccc6cc(C)ccc6c5)sc4c32)cc1. The number of nitrogens with zero attached hydrogens (tertiary/aromatic N) is 2. The van der Waals surface area contributed by atoms with E-state index in [0.29, 0.717) is 0 Å². The first-order valence-corrected chi connectivity index (χ1v) is 23.4. The van der Waals surface area contributed by atoms with Gasteiger partial charge in [0.15, 0.2) is 0 Å². The second kappa shape index (κ2) is 12.6. The molecule has 0 spiro atoms. The summed E-state index contributed by atoms with van der Waals surface area (Å²) in [5.41, 5.74) is 20.7. The fourth-order valence-electron chi connectivity index (χ4n) is 9.22. The molecule has 0 aliphatic heterocycles. The van der Waals surface area contributed by atoms with Crippen LogP contribution in [0.25, 0.3) is 115 Å².